The van der Waals surface area contributed by atoms with Gasteiger partial charge in [0, 0.05) is 16.1 Å². The predicted octanol–water partition coefficient (Wildman–Crippen LogP) is 2.76. The van der Waals surface area contributed by atoms with E-state index in [1.807, 2.05) is 6.92 Å². The van der Waals surface area contributed by atoms with Gasteiger partial charge < -0.3 is 9.47 Å². The lowest BCUT2D eigenvalue weighted by Crippen LogP contribution is -2.09. The molecule has 0 spiro atoms. The molecule has 0 bridgehead atoms. The molecule has 16 heavy (non-hydrogen) atoms. The Kier molecular flexibility index (Phi) is 4.62. The number of methoxy groups -OCH3 is 1. The molecule has 1 aromatic rings. The zero-order valence-corrected chi connectivity index (χ0v) is 10.4. The van der Waals surface area contributed by atoms with Crippen LogP contribution in [-0.4, -0.2) is 19.7 Å². The molecular formula is C12H15ClO3. The SMILES string of the molecule is CCOC(=O)Cc1ccc(Cl)c(C)c1OC. The largest absolute Gasteiger partial charge is 0.496 e. The van der Waals surface area contributed by atoms with Crippen molar-refractivity contribution in [2.24, 2.45) is 0 Å². The van der Waals surface area contributed by atoms with Crippen molar-refractivity contribution < 1.29 is 14.3 Å². The topological polar surface area (TPSA) is 35.5 Å². The molecule has 0 N–H and O–H groups in total. The molecule has 1 rings (SSSR count). The van der Waals surface area contributed by atoms with Crippen LogP contribution >= 0.6 is 11.6 Å². The third-order valence-corrected chi connectivity index (χ3v) is 2.68. The van der Waals surface area contributed by atoms with Crippen LogP contribution in [-0.2, 0) is 16.0 Å². The van der Waals surface area contributed by atoms with Crippen LogP contribution in [0.1, 0.15) is 18.1 Å². The third-order valence-electron chi connectivity index (χ3n) is 2.27. The number of hydrogen-bond donors (Lipinski definition) is 0. The van der Waals surface area contributed by atoms with E-state index in [2.05, 4.69) is 0 Å². The van der Waals surface area contributed by atoms with E-state index in [4.69, 9.17) is 21.1 Å². The van der Waals surface area contributed by atoms with Crippen molar-refractivity contribution >= 4 is 17.6 Å². The first-order valence-electron chi connectivity index (χ1n) is 5.07. The van der Waals surface area contributed by atoms with Gasteiger partial charge in [-0.25, -0.2) is 0 Å². The fourth-order valence-electron chi connectivity index (χ4n) is 1.51. The van der Waals surface area contributed by atoms with Gasteiger partial charge in [-0.3, -0.25) is 4.79 Å². The molecule has 0 aliphatic carbocycles. The Bertz CT molecular complexity index is 388. The molecule has 88 valence electrons. The monoisotopic (exact) mass is 242 g/mol. The van der Waals surface area contributed by atoms with Crippen LogP contribution in [0.3, 0.4) is 0 Å². The summed E-state index contributed by atoms with van der Waals surface area (Å²) in [6, 6.07) is 3.54. The second kappa shape index (κ2) is 5.75. The second-order valence-corrected chi connectivity index (χ2v) is 3.75. The molecule has 1 aromatic carbocycles. The summed E-state index contributed by atoms with van der Waals surface area (Å²) in [5, 5.41) is 0.629. The predicted molar refractivity (Wildman–Crippen MR) is 63.1 cm³/mol. The quantitative estimate of drug-likeness (QED) is 0.762. The lowest BCUT2D eigenvalue weighted by atomic mass is 10.1. The standard InChI is InChI=1S/C12H15ClO3/c1-4-16-11(14)7-9-5-6-10(13)8(2)12(9)15-3/h5-6H,4,7H2,1-3H3. The summed E-state index contributed by atoms with van der Waals surface area (Å²) in [7, 11) is 1.56. The number of benzene rings is 1. The summed E-state index contributed by atoms with van der Waals surface area (Å²) in [4.78, 5) is 11.4. The Balaban J connectivity index is 2.96. The van der Waals surface area contributed by atoms with Gasteiger partial charge in [-0.15, -0.1) is 0 Å². The van der Waals surface area contributed by atoms with Gasteiger partial charge in [0.2, 0.25) is 0 Å². The van der Waals surface area contributed by atoms with Crippen LogP contribution < -0.4 is 4.74 Å². The molecule has 0 heterocycles. The van der Waals surface area contributed by atoms with E-state index in [1.54, 1.807) is 26.2 Å². The molecule has 0 saturated heterocycles. The van der Waals surface area contributed by atoms with E-state index in [0.717, 1.165) is 11.1 Å². The van der Waals surface area contributed by atoms with Crippen molar-refractivity contribution in [3.05, 3.63) is 28.3 Å². The molecule has 0 fully saturated rings. The lowest BCUT2D eigenvalue weighted by molar-refractivity contribution is -0.142. The van der Waals surface area contributed by atoms with Gasteiger partial charge in [-0.2, -0.15) is 0 Å². The summed E-state index contributed by atoms with van der Waals surface area (Å²) in [5.74, 6) is 0.392. The fourth-order valence-corrected chi connectivity index (χ4v) is 1.66. The van der Waals surface area contributed by atoms with E-state index in [1.165, 1.54) is 0 Å². The van der Waals surface area contributed by atoms with Gasteiger partial charge in [0.1, 0.15) is 5.75 Å². The molecule has 0 aliphatic rings. The molecule has 4 heteroatoms. The number of hydrogen-bond acceptors (Lipinski definition) is 3. The van der Waals surface area contributed by atoms with Crippen molar-refractivity contribution in [3.8, 4) is 5.75 Å². The molecule has 0 aliphatic heterocycles. The van der Waals surface area contributed by atoms with Crippen molar-refractivity contribution in [1.82, 2.24) is 0 Å². The normalized spacial score (nSPS) is 10.0. The van der Waals surface area contributed by atoms with Gasteiger partial charge >= 0.3 is 5.97 Å². The molecule has 0 aromatic heterocycles. The molecule has 0 atom stereocenters. The number of carbonyl (C=O) groups is 1. The van der Waals surface area contributed by atoms with E-state index < -0.39 is 0 Å². The van der Waals surface area contributed by atoms with Crippen LogP contribution in [0.15, 0.2) is 12.1 Å². The molecule has 3 nitrogen and oxygen atoms in total. The summed E-state index contributed by atoms with van der Waals surface area (Å²) in [6.45, 7) is 4.02. The summed E-state index contributed by atoms with van der Waals surface area (Å²) in [5.41, 5.74) is 1.63. The highest BCUT2D eigenvalue weighted by molar-refractivity contribution is 6.31. The number of ether oxygens (including phenoxy) is 2. The van der Waals surface area contributed by atoms with Gasteiger partial charge in [-0.1, -0.05) is 17.7 Å². The maximum absolute atomic E-state index is 11.4. The third kappa shape index (κ3) is 2.89. The zero-order valence-electron chi connectivity index (χ0n) is 9.67. The number of esters is 1. The highest BCUT2D eigenvalue weighted by atomic mass is 35.5. The summed E-state index contributed by atoms with van der Waals surface area (Å²) < 4.78 is 10.1. The van der Waals surface area contributed by atoms with Crippen LogP contribution in [0.25, 0.3) is 0 Å². The van der Waals surface area contributed by atoms with Crippen LogP contribution in [0.2, 0.25) is 5.02 Å². The van der Waals surface area contributed by atoms with Gasteiger partial charge in [0.15, 0.2) is 0 Å². The number of rotatable bonds is 4. The van der Waals surface area contributed by atoms with E-state index in [0.29, 0.717) is 17.4 Å². The Morgan fingerprint density at radius 1 is 1.44 bits per heavy atom. The van der Waals surface area contributed by atoms with Crippen LogP contribution in [0.4, 0.5) is 0 Å². The summed E-state index contributed by atoms with van der Waals surface area (Å²) in [6.07, 6.45) is 0.203. The Labute approximate surface area is 100 Å². The average Bonchev–Trinajstić information content (AvgIpc) is 2.24. The molecule has 0 amide bonds. The first kappa shape index (κ1) is 12.8. The maximum Gasteiger partial charge on any atom is 0.310 e. The first-order valence-corrected chi connectivity index (χ1v) is 5.45. The Hall–Kier alpha value is -1.22. The smallest absolute Gasteiger partial charge is 0.310 e. The lowest BCUT2D eigenvalue weighted by Gasteiger charge is -2.12. The second-order valence-electron chi connectivity index (χ2n) is 3.35. The molecule has 0 radical (unpaired) electrons. The van der Waals surface area contributed by atoms with Gasteiger partial charge in [-0.05, 0) is 19.9 Å². The van der Waals surface area contributed by atoms with Crippen molar-refractivity contribution in [2.75, 3.05) is 13.7 Å². The highest BCUT2D eigenvalue weighted by Gasteiger charge is 2.13. The molecule has 0 unspecified atom stereocenters. The summed E-state index contributed by atoms with van der Waals surface area (Å²) >= 11 is 5.97. The Morgan fingerprint density at radius 2 is 2.12 bits per heavy atom. The van der Waals surface area contributed by atoms with Crippen molar-refractivity contribution in [2.45, 2.75) is 20.3 Å². The van der Waals surface area contributed by atoms with E-state index >= 15 is 0 Å². The minimum atomic E-state index is -0.262. The first-order chi connectivity index (χ1) is 7.60. The maximum atomic E-state index is 11.4. The zero-order chi connectivity index (χ0) is 12.1. The van der Waals surface area contributed by atoms with E-state index in [-0.39, 0.29) is 12.4 Å². The van der Waals surface area contributed by atoms with E-state index in [9.17, 15) is 4.79 Å². The highest BCUT2D eigenvalue weighted by Crippen LogP contribution is 2.29. The van der Waals surface area contributed by atoms with Crippen molar-refractivity contribution in [3.63, 3.8) is 0 Å². The van der Waals surface area contributed by atoms with Crippen LogP contribution in [0.5, 0.6) is 5.75 Å². The molecular weight excluding hydrogens is 228 g/mol. The minimum absolute atomic E-state index is 0.203. The van der Waals surface area contributed by atoms with Gasteiger partial charge in [0.05, 0.1) is 20.1 Å². The molecule has 0 saturated carbocycles. The minimum Gasteiger partial charge on any atom is -0.496 e. The average molecular weight is 243 g/mol. The number of carbonyl (C=O) groups excluding carboxylic acids is 1. The van der Waals surface area contributed by atoms with Gasteiger partial charge in [0.25, 0.3) is 0 Å². The fraction of sp³-hybridized carbons (Fsp3) is 0.417. The van der Waals surface area contributed by atoms with Crippen LogP contribution in [0, 0.1) is 6.92 Å². The van der Waals surface area contributed by atoms with Crippen molar-refractivity contribution in [1.29, 1.82) is 0 Å². The Morgan fingerprint density at radius 3 is 2.69 bits per heavy atom. The number of halogens is 1.